The summed E-state index contributed by atoms with van der Waals surface area (Å²) in [5, 5.41) is 0. The van der Waals surface area contributed by atoms with Gasteiger partial charge >= 0.3 is 0 Å². The molecule has 2 rings (SSSR count). The molecule has 0 amide bonds. The topological polar surface area (TPSA) is 42.9 Å². The lowest BCUT2D eigenvalue weighted by molar-refractivity contribution is -0.116. The number of Topliss-reactive ketones (excluding diaryl/α,β-unsaturated/α-hetero) is 1. The molecule has 0 saturated carbocycles. The van der Waals surface area contributed by atoms with Crippen molar-refractivity contribution in [3.8, 4) is 11.3 Å². The zero-order valence-electron chi connectivity index (χ0n) is 11.8. The number of rotatable bonds is 3. The van der Waals surface area contributed by atoms with Crippen molar-refractivity contribution in [2.75, 3.05) is 0 Å². The maximum Gasteiger partial charge on any atom is 0.137 e. The van der Waals surface area contributed by atoms with Crippen molar-refractivity contribution >= 4 is 5.78 Å². The van der Waals surface area contributed by atoms with E-state index in [0.29, 0.717) is 5.82 Å². The third kappa shape index (κ3) is 2.87. The van der Waals surface area contributed by atoms with Gasteiger partial charge in [0.1, 0.15) is 11.6 Å². The number of ketones is 1. The molecule has 0 aliphatic rings. The van der Waals surface area contributed by atoms with Crippen LogP contribution in [-0.2, 0) is 11.2 Å². The highest BCUT2D eigenvalue weighted by molar-refractivity contribution is 5.77. The van der Waals surface area contributed by atoms with Crippen LogP contribution in [0.1, 0.15) is 29.4 Å². The van der Waals surface area contributed by atoms with Gasteiger partial charge in [0.15, 0.2) is 0 Å². The number of hydrogen-bond donors (Lipinski definition) is 0. The van der Waals surface area contributed by atoms with Crippen LogP contribution in [0, 0.1) is 20.8 Å². The van der Waals surface area contributed by atoms with Crippen LogP contribution in [0.3, 0.4) is 0 Å². The second-order valence-corrected chi connectivity index (χ2v) is 4.92. The largest absolute Gasteiger partial charge is 0.300 e. The molecule has 2 aromatic rings. The van der Waals surface area contributed by atoms with Crippen LogP contribution in [0.4, 0.5) is 0 Å². The zero-order chi connectivity index (χ0) is 14.0. The fourth-order valence-corrected chi connectivity index (χ4v) is 2.09. The molecule has 0 spiro atoms. The number of aryl methyl sites for hydroxylation is 1. The van der Waals surface area contributed by atoms with Crippen molar-refractivity contribution in [2.24, 2.45) is 0 Å². The Balaban J connectivity index is 2.47. The summed E-state index contributed by atoms with van der Waals surface area (Å²) in [5.41, 5.74) is 5.78. The van der Waals surface area contributed by atoms with Crippen molar-refractivity contribution < 1.29 is 4.79 Å². The zero-order valence-corrected chi connectivity index (χ0v) is 11.8. The van der Waals surface area contributed by atoms with Gasteiger partial charge in [0, 0.05) is 11.8 Å². The van der Waals surface area contributed by atoms with Crippen molar-refractivity contribution in [2.45, 2.75) is 34.1 Å². The van der Waals surface area contributed by atoms with Gasteiger partial charge in [0.05, 0.1) is 12.1 Å². The molecule has 19 heavy (non-hydrogen) atoms. The molecular weight excluding hydrogens is 236 g/mol. The van der Waals surface area contributed by atoms with Crippen molar-refractivity contribution in [3.05, 3.63) is 46.9 Å². The first-order valence-electron chi connectivity index (χ1n) is 6.37. The van der Waals surface area contributed by atoms with E-state index in [1.807, 2.05) is 6.07 Å². The molecule has 0 N–H and O–H groups in total. The number of benzene rings is 1. The average Bonchev–Trinajstić information content (AvgIpc) is 2.36. The quantitative estimate of drug-likeness (QED) is 0.844. The predicted molar refractivity (Wildman–Crippen MR) is 76.1 cm³/mol. The molecular formula is C16H18N2O. The minimum Gasteiger partial charge on any atom is -0.300 e. The van der Waals surface area contributed by atoms with Gasteiger partial charge in [-0.1, -0.05) is 12.1 Å². The fraction of sp³-hybridized carbons (Fsp3) is 0.312. The maximum absolute atomic E-state index is 11.1. The first kappa shape index (κ1) is 13.4. The van der Waals surface area contributed by atoms with E-state index >= 15 is 0 Å². The van der Waals surface area contributed by atoms with Gasteiger partial charge in [-0.3, -0.25) is 4.79 Å². The SMILES string of the molecule is CC(=O)Cc1nccc(-c2ccc(C)c(C)c2C)n1. The molecule has 0 saturated heterocycles. The maximum atomic E-state index is 11.1. The molecule has 0 bridgehead atoms. The van der Waals surface area contributed by atoms with Gasteiger partial charge in [0.25, 0.3) is 0 Å². The normalized spacial score (nSPS) is 10.5. The molecule has 0 aliphatic heterocycles. The highest BCUT2D eigenvalue weighted by Crippen LogP contribution is 2.25. The van der Waals surface area contributed by atoms with Crippen molar-refractivity contribution in [3.63, 3.8) is 0 Å². The average molecular weight is 254 g/mol. The highest BCUT2D eigenvalue weighted by atomic mass is 16.1. The molecule has 0 fully saturated rings. The minimum absolute atomic E-state index is 0.0777. The minimum atomic E-state index is 0.0777. The highest BCUT2D eigenvalue weighted by Gasteiger charge is 2.09. The lowest BCUT2D eigenvalue weighted by atomic mass is 9.97. The summed E-state index contributed by atoms with van der Waals surface area (Å²) in [6, 6.07) is 6.07. The Morgan fingerprint density at radius 2 is 1.84 bits per heavy atom. The van der Waals surface area contributed by atoms with Gasteiger partial charge in [-0.05, 0) is 50.5 Å². The fourth-order valence-electron chi connectivity index (χ4n) is 2.09. The number of carbonyl (C=O) groups is 1. The number of carbonyl (C=O) groups excluding carboxylic acids is 1. The van der Waals surface area contributed by atoms with Gasteiger partial charge in [-0.15, -0.1) is 0 Å². The van der Waals surface area contributed by atoms with E-state index in [2.05, 4.69) is 42.9 Å². The lowest BCUT2D eigenvalue weighted by Crippen LogP contribution is -2.03. The van der Waals surface area contributed by atoms with E-state index in [1.165, 1.54) is 16.7 Å². The Bertz CT molecular complexity index is 633. The van der Waals surface area contributed by atoms with Crippen molar-refractivity contribution in [1.29, 1.82) is 0 Å². The first-order valence-corrected chi connectivity index (χ1v) is 6.37. The standard InChI is InChI=1S/C16H18N2O/c1-10-5-6-14(13(4)12(10)3)15-7-8-17-16(18-15)9-11(2)19/h5-8H,9H2,1-4H3. The predicted octanol–water partition coefficient (Wildman–Crippen LogP) is 3.20. The summed E-state index contributed by atoms with van der Waals surface area (Å²) in [6.45, 7) is 7.88. The smallest absolute Gasteiger partial charge is 0.137 e. The molecule has 0 radical (unpaired) electrons. The molecule has 3 nitrogen and oxygen atoms in total. The second kappa shape index (κ2) is 5.31. The Kier molecular flexibility index (Phi) is 3.74. The van der Waals surface area contributed by atoms with Crippen LogP contribution in [0.25, 0.3) is 11.3 Å². The molecule has 0 atom stereocenters. The lowest BCUT2D eigenvalue weighted by Gasteiger charge is -2.11. The summed E-state index contributed by atoms with van der Waals surface area (Å²) in [7, 11) is 0. The molecule has 3 heteroatoms. The number of aromatic nitrogens is 2. The van der Waals surface area contributed by atoms with Crippen LogP contribution in [-0.4, -0.2) is 15.8 Å². The molecule has 0 unspecified atom stereocenters. The van der Waals surface area contributed by atoms with E-state index in [1.54, 1.807) is 13.1 Å². The Labute approximate surface area is 113 Å². The van der Waals surface area contributed by atoms with Gasteiger partial charge in [-0.25, -0.2) is 9.97 Å². The van der Waals surface area contributed by atoms with Crippen LogP contribution in [0.15, 0.2) is 24.4 Å². The van der Waals surface area contributed by atoms with E-state index in [9.17, 15) is 4.79 Å². The summed E-state index contributed by atoms with van der Waals surface area (Å²) in [4.78, 5) is 19.8. The molecule has 0 aliphatic carbocycles. The summed E-state index contributed by atoms with van der Waals surface area (Å²) < 4.78 is 0. The molecule has 98 valence electrons. The van der Waals surface area contributed by atoms with Gasteiger partial charge in [0.2, 0.25) is 0 Å². The summed E-state index contributed by atoms with van der Waals surface area (Å²) in [6.07, 6.45) is 2.01. The van der Waals surface area contributed by atoms with Crippen molar-refractivity contribution in [1.82, 2.24) is 9.97 Å². The third-order valence-electron chi connectivity index (χ3n) is 3.45. The number of hydrogen-bond acceptors (Lipinski definition) is 3. The van der Waals surface area contributed by atoms with Gasteiger partial charge < -0.3 is 0 Å². The van der Waals surface area contributed by atoms with E-state index in [0.717, 1.165) is 11.3 Å². The Morgan fingerprint density at radius 1 is 1.11 bits per heavy atom. The van der Waals surface area contributed by atoms with E-state index in [4.69, 9.17) is 0 Å². The second-order valence-electron chi connectivity index (χ2n) is 4.92. The molecule has 1 aromatic heterocycles. The van der Waals surface area contributed by atoms with Crippen LogP contribution in [0.2, 0.25) is 0 Å². The number of nitrogens with zero attached hydrogens (tertiary/aromatic N) is 2. The first-order chi connectivity index (χ1) is 8.99. The van der Waals surface area contributed by atoms with Crippen LogP contribution >= 0.6 is 0 Å². The van der Waals surface area contributed by atoms with E-state index in [-0.39, 0.29) is 12.2 Å². The monoisotopic (exact) mass is 254 g/mol. The van der Waals surface area contributed by atoms with E-state index < -0.39 is 0 Å². The molecule has 1 heterocycles. The third-order valence-corrected chi connectivity index (χ3v) is 3.45. The summed E-state index contributed by atoms with van der Waals surface area (Å²) in [5.74, 6) is 0.664. The Hall–Kier alpha value is -2.03. The Morgan fingerprint density at radius 3 is 2.53 bits per heavy atom. The van der Waals surface area contributed by atoms with Gasteiger partial charge in [-0.2, -0.15) is 0 Å². The van der Waals surface area contributed by atoms with Crippen LogP contribution in [0.5, 0.6) is 0 Å². The summed E-state index contributed by atoms with van der Waals surface area (Å²) >= 11 is 0. The van der Waals surface area contributed by atoms with Crippen LogP contribution < -0.4 is 0 Å². The molecule has 1 aromatic carbocycles.